The molecule has 22 heavy (non-hydrogen) atoms. The number of hydrogen-bond donors (Lipinski definition) is 1. The summed E-state index contributed by atoms with van der Waals surface area (Å²) in [5.41, 5.74) is -0.217. The predicted octanol–water partition coefficient (Wildman–Crippen LogP) is 2.12. The SMILES string of the molecule is C#CCCC1(CCNC(=O)c2ccn(C(C)C)c(=O)c2)N=N1. The molecule has 0 fully saturated rings. The van der Waals surface area contributed by atoms with Gasteiger partial charge in [0.1, 0.15) is 0 Å². The van der Waals surface area contributed by atoms with Crippen molar-refractivity contribution in [1.29, 1.82) is 0 Å². The van der Waals surface area contributed by atoms with Gasteiger partial charge in [0.15, 0.2) is 5.66 Å². The Kier molecular flexibility index (Phi) is 4.76. The Labute approximate surface area is 129 Å². The van der Waals surface area contributed by atoms with E-state index in [4.69, 9.17) is 6.42 Å². The highest BCUT2D eigenvalue weighted by atomic mass is 16.2. The summed E-state index contributed by atoms with van der Waals surface area (Å²) < 4.78 is 1.58. The Morgan fingerprint density at radius 3 is 2.73 bits per heavy atom. The van der Waals surface area contributed by atoms with Crippen LogP contribution in [0.5, 0.6) is 0 Å². The first-order valence-corrected chi connectivity index (χ1v) is 7.35. The van der Waals surface area contributed by atoms with Gasteiger partial charge in [-0.1, -0.05) is 0 Å². The third-order valence-electron chi connectivity index (χ3n) is 3.63. The van der Waals surface area contributed by atoms with Crippen LogP contribution in [0.3, 0.4) is 0 Å². The molecule has 0 unspecified atom stereocenters. The molecule has 2 heterocycles. The molecule has 0 spiro atoms. The van der Waals surface area contributed by atoms with Gasteiger partial charge in [-0.2, -0.15) is 10.2 Å². The van der Waals surface area contributed by atoms with Crippen LogP contribution in [-0.4, -0.2) is 22.7 Å². The van der Waals surface area contributed by atoms with Crippen molar-refractivity contribution in [3.8, 4) is 12.3 Å². The average molecular weight is 300 g/mol. The molecule has 2 rings (SSSR count). The molecule has 0 aliphatic carbocycles. The molecule has 1 amide bonds. The highest BCUT2D eigenvalue weighted by Gasteiger charge is 2.38. The Hall–Kier alpha value is -2.42. The van der Waals surface area contributed by atoms with Crippen LogP contribution in [0.4, 0.5) is 0 Å². The van der Waals surface area contributed by atoms with Gasteiger partial charge < -0.3 is 9.88 Å². The molecule has 0 atom stereocenters. The van der Waals surface area contributed by atoms with Crippen LogP contribution in [0, 0.1) is 12.3 Å². The zero-order valence-corrected chi connectivity index (χ0v) is 12.9. The summed E-state index contributed by atoms with van der Waals surface area (Å²) in [5.74, 6) is 2.30. The lowest BCUT2D eigenvalue weighted by molar-refractivity contribution is 0.0951. The summed E-state index contributed by atoms with van der Waals surface area (Å²) >= 11 is 0. The van der Waals surface area contributed by atoms with Crippen LogP contribution in [0.25, 0.3) is 0 Å². The van der Waals surface area contributed by atoms with Gasteiger partial charge in [0.2, 0.25) is 0 Å². The van der Waals surface area contributed by atoms with E-state index in [-0.39, 0.29) is 17.5 Å². The standard InChI is InChI=1S/C16H20N4O2/c1-4-5-7-16(18-19-16)8-9-17-15(22)13-6-10-20(12(2)3)14(21)11-13/h1,6,10-12H,5,7-9H2,2-3H3,(H,17,22). The summed E-state index contributed by atoms with van der Waals surface area (Å²) in [6.45, 7) is 4.28. The molecule has 1 N–H and O–H groups in total. The van der Waals surface area contributed by atoms with Crippen molar-refractivity contribution in [2.45, 2.75) is 44.8 Å². The number of carbonyl (C=O) groups is 1. The van der Waals surface area contributed by atoms with E-state index in [1.165, 1.54) is 6.07 Å². The largest absolute Gasteiger partial charge is 0.352 e. The van der Waals surface area contributed by atoms with E-state index < -0.39 is 5.66 Å². The molecule has 0 bridgehead atoms. The highest BCUT2D eigenvalue weighted by Crippen LogP contribution is 2.35. The fraction of sp³-hybridized carbons (Fsp3) is 0.500. The first kappa shape index (κ1) is 16.0. The topological polar surface area (TPSA) is 75.8 Å². The number of rotatable bonds is 7. The molecule has 0 radical (unpaired) electrons. The van der Waals surface area contributed by atoms with E-state index in [1.54, 1.807) is 16.8 Å². The summed E-state index contributed by atoms with van der Waals surface area (Å²) in [5, 5.41) is 10.8. The number of terminal acetylenes is 1. The monoisotopic (exact) mass is 300 g/mol. The van der Waals surface area contributed by atoms with Crippen molar-refractivity contribution in [3.63, 3.8) is 0 Å². The van der Waals surface area contributed by atoms with E-state index in [0.29, 0.717) is 31.4 Å². The summed E-state index contributed by atoms with van der Waals surface area (Å²) in [6, 6.07) is 3.07. The van der Waals surface area contributed by atoms with Gasteiger partial charge in [0.25, 0.3) is 11.5 Å². The molecule has 0 saturated carbocycles. The van der Waals surface area contributed by atoms with Gasteiger partial charge in [-0.3, -0.25) is 9.59 Å². The van der Waals surface area contributed by atoms with Crippen LogP contribution < -0.4 is 10.9 Å². The summed E-state index contributed by atoms with van der Waals surface area (Å²) in [7, 11) is 0. The molecule has 1 aromatic heterocycles. The second kappa shape index (κ2) is 6.56. The van der Waals surface area contributed by atoms with E-state index in [2.05, 4.69) is 21.5 Å². The minimum atomic E-state index is -0.402. The molecular weight excluding hydrogens is 280 g/mol. The normalized spacial score (nSPS) is 14.6. The number of pyridine rings is 1. The van der Waals surface area contributed by atoms with Gasteiger partial charge in [0.05, 0.1) is 0 Å². The molecule has 6 nitrogen and oxygen atoms in total. The van der Waals surface area contributed by atoms with Crippen molar-refractivity contribution in [1.82, 2.24) is 9.88 Å². The fourth-order valence-electron chi connectivity index (χ4n) is 2.20. The van der Waals surface area contributed by atoms with Gasteiger partial charge in [0, 0.05) is 49.7 Å². The third-order valence-corrected chi connectivity index (χ3v) is 3.63. The zero-order chi connectivity index (χ0) is 16.2. The third kappa shape index (κ3) is 3.82. The molecule has 0 aromatic carbocycles. The van der Waals surface area contributed by atoms with Crippen LogP contribution in [0.2, 0.25) is 0 Å². The van der Waals surface area contributed by atoms with Crippen LogP contribution in [-0.2, 0) is 0 Å². The van der Waals surface area contributed by atoms with Crippen LogP contribution in [0.1, 0.15) is 49.5 Å². The maximum atomic E-state index is 12.0. The number of nitrogens with one attached hydrogen (secondary N) is 1. The predicted molar refractivity (Wildman–Crippen MR) is 83.7 cm³/mol. The Morgan fingerprint density at radius 1 is 1.45 bits per heavy atom. The lowest BCUT2D eigenvalue weighted by Gasteiger charge is -2.11. The quantitative estimate of drug-likeness (QED) is 0.783. The number of nitrogens with zero attached hydrogens (tertiary/aromatic N) is 3. The van der Waals surface area contributed by atoms with Gasteiger partial charge in [-0.15, -0.1) is 12.3 Å². The van der Waals surface area contributed by atoms with Crippen molar-refractivity contribution in [2.24, 2.45) is 10.2 Å². The number of amides is 1. The Bertz CT molecular complexity index is 676. The summed E-state index contributed by atoms with van der Waals surface area (Å²) in [4.78, 5) is 23.9. The molecule has 0 saturated heterocycles. The van der Waals surface area contributed by atoms with Crippen LogP contribution >= 0.6 is 0 Å². The van der Waals surface area contributed by atoms with Crippen molar-refractivity contribution < 1.29 is 4.79 Å². The van der Waals surface area contributed by atoms with Gasteiger partial charge in [-0.25, -0.2) is 0 Å². The van der Waals surface area contributed by atoms with E-state index in [1.807, 2.05) is 13.8 Å². The second-order valence-corrected chi connectivity index (χ2v) is 5.65. The van der Waals surface area contributed by atoms with Gasteiger partial charge in [-0.05, 0) is 19.9 Å². The zero-order valence-electron chi connectivity index (χ0n) is 12.9. The lowest BCUT2D eigenvalue weighted by atomic mass is 10.0. The highest BCUT2D eigenvalue weighted by molar-refractivity contribution is 5.93. The lowest BCUT2D eigenvalue weighted by Crippen LogP contribution is -2.30. The maximum absolute atomic E-state index is 12.0. The van der Waals surface area contributed by atoms with Crippen molar-refractivity contribution in [3.05, 3.63) is 34.2 Å². The molecule has 116 valence electrons. The maximum Gasteiger partial charge on any atom is 0.251 e. The van der Waals surface area contributed by atoms with E-state index in [9.17, 15) is 9.59 Å². The minimum absolute atomic E-state index is 0.0683. The Balaban J connectivity index is 1.87. The van der Waals surface area contributed by atoms with Gasteiger partial charge >= 0.3 is 0 Å². The first-order chi connectivity index (χ1) is 10.5. The van der Waals surface area contributed by atoms with Crippen molar-refractivity contribution >= 4 is 5.91 Å². The Morgan fingerprint density at radius 2 is 2.18 bits per heavy atom. The number of hydrogen-bond acceptors (Lipinski definition) is 4. The summed E-state index contributed by atoms with van der Waals surface area (Å²) in [6.07, 6.45) is 8.83. The fourth-order valence-corrected chi connectivity index (χ4v) is 2.20. The average Bonchev–Trinajstić information content (AvgIpc) is 3.25. The molecular formula is C16H20N4O2. The first-order valence-electron chi connectivity index (χ1n) is 7.35. The van der Waals surface area contributed by atoms with E-state index in [0.717, 1.165) is 0 Å². The van der Waals surface area contributed by atoms with Crippen molar-refractivity contribution in [2.75, 3.05) is 6.54 Å². The molecule has 6 heteroatoms. The number of aromatic nitrogens is 1. The molecule has 1 aliphatic heterocycles. The smallest absolute Gasteiger partial charge is 0.251 e. The molecule has 1 aromatic rings. The number of carbonyl (C=O) groups excluding carboxylic acids is 1. The van der Waals surface area contributed by atoms with Crippen LogP contribution in [0.15, 0.2) is 33.4 Å². The minimum Gasteiger partial charge on any atom is -0.352 e. The molecule has 1 aliphatic rings. The second-order valence-electron chi connectivity index (χ2n) is 5.65. The van der Waals surface area contributed by atoms with E-state index >= 15 is 0 Å².